The number of aryl methyl sites for hydroxylation is 3. The van der Waals surface area contributed by atoms with E-state index in [-0.39, 0.29) is 0 Å². The molecule has 0 saturated carbocycles. The maximum absolute atomic E-state index is 5.83. The first-order valence-corrected chi connectivity index (χ1v) is 10.7. The van der Waals surface area contributed by atoms with Crippen molar-refractivity contribution < 1.29 is 4.74 Å². The highest BCUT2D eigenvalue weighted by Crippen LogP contribution is 2.41. The molecule has 0 amide bonds. The van der Waals surface area contributed by atoms with Gasteiger partial charge in [0.1, 0.15) is 5.75 Å². The van der Waals surface area contributed by atoms with E-state index in [0.29, 0.717) is 6.61 Å². The lowest BCUT2D eigenvalue weighted by Gasteiger charge is -2.37. The number of hydrogen-bond acceptors (Lipinski definition) is 4. The Bertz CT molecular complexity index is 872. The van der Waals surface area contributed by atoms with E-state index in [2.05, 4.69) is 36.1 Å². The molecule has 0 radical (unpaired) electrons. The topological polar surface area (TPSA) is 12.5 Å². The highest BCUT2D eigenvalue weighted by molar-refractivity contribution is 7.96. The lowest BCUT2D eigenvalue weighted by atomic mass is 9.90. The molecule has 0 saturated heterocycles. The number of benzene rings is 2. The number of anilines is 1. The fraction of sp³-hybridized carbons (Fsp3) is 0.391. The third-order valence-electron chi connectivity index (χ3n) is 5.52. The van der Waals surface area contributed by atoms with E-state index in [1.807, 2.05) is 13.0 Å². The van der Waals surface area contributed by atoms with Gasteiger partial charge in [-0.3, -0.25) is 0 Å². The Labute approximate surface area is 173 Å². The Morgan fingerprint density at radius 3 is 2.30 bits per heavy atom. The number of rotatable bonds is 4. The molecule has 0 N–H and O–H groups in total. The second-order valence-electron chi connectivity index (χ2n) is 7.47. The van der Waals surface area contributed by atoms with Crippen LogP contribution in [0.4, 0.5) is 5.69 Å². The summed E-state index contributed by atoms with van der Waals surface area (Å²) < 4.78 is 5.83. The van der Waals surface area contributed by atoms with Crippen LogP contribution in [0.15, 0.2) is 30.3 Å². The van der Waals surface area contributed by atoms with Gasteiger partial charge in [0.2, 0.25) is 0 Å². The standard InChI is InChI=1S/C23H27NOS2/c1-3-25-20-9-8-15(2)12-19(20)23(27)22(26)18-13-16-6-4-10-24-11-5-7-17(14-18)21(16)24/h8-9,12-14,26-27H,3-7,10-11H2,1-2H3. The number of hydrogen-bond donors (Lipinski definition) is 2. The van der Waals surface area contributed by atoms with Gasteiger partial charge < -0.3 is 9.64 Å². The molecule has 0 fully saturated rings. The molecular weight excluding hydrogens is 370 g/mol. The van der Waals surface area contributed by atoms with Gasteiger partial charge in [-0.1, -0.05) is 11.6 Å². The summed E-state index contributed by atoms with van der Waals surface area (Å²) in [5.74, 6) is 0.866. The second kappa shape index (κ2) is 7.84. The zero-order chi connectivity index (χ0) is 19.0. The Morgan fingerprint density at radius 1 is 1.00 bits per heavy atom. The molecule has 0 spiro atoms. The highest BCUT2D eigenvalue weighted by atomic mass is 32.1. The molecule has 2 aliphatic heterocycles. The maximum atomic E-state index is 5.83. The van der Waals surface area contributed by atoms with Gasteiger partial charge in [0.05, 0.1) is 6.61 Å². The van der Waals surface area contributed by atoms with Gasteiger partial charge in [0.25, 0.3) is 0 Å². The van der Waals surface area contributed by atoms with Crippen molar-refractivity contribution in [3.8, 4) is 5.75 Å². The molecule has 0 atom stereocenters. The van der Waals surface area contributed by atoms with E-state index in [0.717, 1.165) is 34.0 Å². The fourth-order valence-corrected chi connectivity index (χ4v) is 4.87. The van der Waals surface area contributed by atoms with Crippen molar-refractivity contribution in [3.63, 3.8) is 0 Å². The first-order valence-electron chi connectivity index (χ1n) is 9.85. The van der Waals surface area contributed by atoms with E-state index in [9.17, 15) is 0 Å². The van der Waals surface area contributed by atoms with Crippen LogP contribution in [0.5, 0.6) is 5.75 Å². The largest absolute Gasteiger partial charge is 0.493 e. The molecule has 4 heteroatoms. The number of nitrogens with zero attached hydrogens (tertiary/aromatic N) is 1. The molecule has 2 aliphatic rings. The van der Waals surface area contributed by atoms with E-state index >= 15 is 0 Å². The molecule has 0 unspecified atom stereocenters. The van der Waals surface area contributed by atoms with Crippen LogP contribution in [0.25, 0.3) is 9.81 Å². The van der Waals surface area contributed by atoms with E-state index < -0.39 is 0 Å². The van der Waals surface area contributed by atoms with Gasteiger partial charge in [-0.15, -0.1) is 25.3 Å². The average Bonchev–Trinajstić information content (AvgIpc) is 2.68. The third-order valence-corrected chi connectivity index (χ3v) is 6.64. The molecule has 0 aliphatic carbocycles. The quantitative estimate of drug-likeness (QED) is 0.501. The molecule has 142 valence electrons. The van der Waals surface area contributed by atoms with Crippen molar-refractivity contribution in [2.45, 2.75) is 39.5 Å². The van der Waals surface area contributed by atoms with Gasteiger partial charge in [-0.2, -0.15) is 0 Å². The molecule has 27 heavy (non-hydrogen) atoms. The minimum absolute atomic E-state index is 0.637. The molecule has 4 rings (SSSR count). The molecule has 2 heterocycles. The summed E-state index contributed by atoms with van der Waals surface area (Å²) in [4.78, 5) is 4.37. The third kappa shape index (κ3) is 3.62. The van der Waals surface area contributed by atoms with E-state index in [1.165, 1.54) is 53.9 Å². The van der Waals surface area contributed by atoms with Crippen LogP contribution in [0, 0.1) is 6.92 Å². The van der Waals surface area contributed by atoms with Crippen LogP contribution in [0.2, 0.25) is 0 Å². The monoisotopic (exact) mass is 397 g/mol. The molecule has 2 aromatic carbocycles. The van der Waals surface area contributed by atoms with Gasteiger partial charge >= 0.3 is 0 Å². The van der Waals surface area contributed by atoms with Gasteiger partial charge in [-0.05, 0) is 80.5 Å². The number of thiol groups is 2. The zero-order valence-electron chi connectivity index (χ0n) is 16.1. The Morgan fingerprint density at radius 2 is 1.67 bits per heavy atom. The van der Waals surface area contributed by atoms with E-state index in [4.69, 9.17) is 30.0 Å². The summed E-state index contributed by atoms with van der Waals surface area (Å²) in [6.45, 7) is 7.13. The van der Waals surface area contributed by atoms with Crippen LogP contribution in [-0.2, 0) is 12.8 Å². The summed E-state index contributed by atoms with van der Waals surface area (Å²) in [7, 11) is 0. The minimum atomic E-state index is 0.637. The van der Waals surface area contributed by atoms with Crippen molar-refractivity contribution in [3.05, 3.63) is 58.1 Å². The van der Waals surface area contributed by atoms with Crippen LogP contribution < -0.4 is 9.64 Å². The molecule has 2 aromatic rings. The lowest BCUT2D eigenvalue weighted by molar-refractivity contribution is 0.339. The maximum Gasteiger partial charge on any atom is 0.127 e. The van der Waals surface area contributed by atoms with Crippen LogP contribution >= 0.6 is 25.3 Å². The fourth-order valence-electron chi connectivity index (χ4n) is 4.31. The Hall–Kier alpha value is -1.52. The molecular formula is C23H27NOS2. The number of ether oxygens (including phenoxy) is 1. The SMILES string of the molecule is CCOc1ccc(C)cc1C(S)=C(S)c1cc2c3c(c1)CCCN3CCC2. The van der Waals surface area contributed by atoms with Crippen LogP contribution in [-0.4, -0.2) is 19.7 Å². The zero-order valence-corrected chi connectivity index (χ0v) is 17.9. The molecule has 2 nitrogen and oxygen atoms in total. The minimum Gasteiger partial charge on any atom is -0.493 e. The van der Waals surface area contributed by atoms with Crippen molar-refractivity contribution in [1.82, 2.24) is 0 Å². The van der Waals surface area contributed by atoms with Gasteiger partial charge in [0, 0.05) is 34.2 Å². The predicted molar refractivity (Wildman–Crippen MR) is 122 cm³/mol. The first-order chi connectivity index (χ1) is 13.1. The first kappa shape index (κ1) is 18.8. The van der Waals surface area contributed by atoms with E-state index in [1.54, 1.807) is 0 Å². The summed E-state index contributed by atoms with van der Waals surface area (Å²) in [5.41, 5.74) is 7.80. The van der Waals surface area contributed by atoms with Crippen LogP contribution in [0.3, 0.4) is 0 Å². The van der Waals surface area contributed by atoms with Crippen molar-refractivity contribution in [2.75, 3.05) is 24.6 Å². The summed E-state index contributed by atoms with van der Waals surface area (Å²) >= 11 is 9.77. The Balaban J connectivity index is 1.81. The smallest absolute Gasteiger partial charge is 0.127 e. The predicted octanol–water partition coefficient (Wildman–Crippen LogP) is 5.78. The summed E-state index contributed by atoms with van der Waals surface area (Å²) in [6, 6.07) is 10.9. The second-order valence-corrected chi connectivity index (χ2v) is 8.36. The lowest BCUT2D eigenvalue weighted by Crippen LogP contribution is -2.34. The molecule has 0 aromatic heterocycles. The summed E-state index contributed by atoms with van der Waals surface area (Å²) in [5, 5.41) is 0. The van der Waals surface area contributed by atoms with Crippen molar-refractivity contribution in [2.24, 2.45) is 0 Å². The summed E-state index contributed by atoms with van der Waals surface area (Å²) in [6.07, 6.45) is 4.79. The van der Waals surface area contributed by atoms with Crippen LogP contribution in [0.1, 0.15) is 47.6 Å². The van der Waals surface area contributed by atoms with Crippen molar-refractivity contribution >= 4 is 40.8 Å². The Kier molecular flexibility index (Phi) is 5.47. The molecule has 0 bridgehead atoms. The normalized spacial score (nSPS) is 16.7. The highest BCUT2D eigenvalue weighted by Gasteiger charge is 2.25. The van der Waals surface area contributed by atoms with Gasteiger partial charge in [-0.25, -0.2) is 0 Å². The van der Waals surface area contributed by atoms with Crippen molar-refractivity contribution in [1.29, 1.82) is 0 Å². The van der Waals surface area contributed by atoms with Gasteiger partial charge in [0.15, 0.2) is 0 Å². The average molecular weight is 398 g/mol.